The minimum absolute atomic E-state index is 0.0478. The Morgan fingerprint density at radius 3 is 2.38 bits per heavy atom. The summed E-state index contributed by atoms with van der Waals surface area (Å²) in [6, 6.07) is 6.82. The van der Waals surface area contributed by atoms with E-state index in [4.69, 9.17) is 4.74 Å². The van der Waals surface area contributed by atoms with Crippen LogP contribution in [0.2, 0.25) is 0 Å². The zero-order valence-corrected chi connectivity index (χ0v) is 18.3. The van der Waals surface area contributed by atoms with Gasteiger partial charge in [-0.2, -0.15) is 4.31 Å². The summed E-state index contributed by atoms with van der Waals surface area (Å²) < 4.78 is 32.6. The minimum Gasteiger partial charge on any atom is -0.494 e. The monoisotopic (exact) mass is 423 g/mol. The van der Waals surface area contributed by atoms with E-state index in [1.54, 1.807) is 24.3 Å². The van der Waals surface area contributed by atoms with Crippen molar-refractivity contribution < 1.29 is 17.9 Å². The Hall–Kier alpha value is -1.64. The Balaban J connectivity index is 1.49. The molecule has 8 heteroatoms. The molecule has 1 saturated heterocycles. The van der Waals surface area contributed by atoms with Gasteiger partial charge in [0.2, 0.25) is 15.9 Å². The van der Waals surface area contributed by atoms with Crippen LogP contribution >= 0.6 is 0 Å². The van der Waals surface area contributed by atoms with Crippen LogP contribution in [0.4, 0.5) is 0 Å². The molecule has 2 aliphatic rings. The average Bonchev–Trinajstić information content (AvgIpc) is 2.71. The van der Waals surface area contributed by atoms with E-state index >= 15 is 0 Å². The molecule has 1 aliphatic carbocycles. The number of carbonyl (C=O) groups excluding carboxylic acids is 1. The first kappa shape index (κ1) is 22.1. The molecule has 2 fully saturated rings. The fourth-order valence-electron chi connectivity index (χ4n) is 4.14. The highest BCUT2D eigenvalue weighted by atomic mass is 32.2. The topological polar surface area (TPSA) is 79.0 Å². The van der Waals surface area contributed by atoms with Gasteiger partial charge in [0.05, 0.1) is 18.0 Å². The summed E-state index contributed by atoms with van der Waals surface area (Å²) >= 11 is 0. The molecule has 1 heterocycles. The van der Waals surface area contributed by atoms with Gasteiger partial charge >= 0.3 is 0 Å². The Morgan fingerprint density at radius 2 is 1.76 bits per heavy atom. The number of nitrogens with one attached hydrogen (secondary N) is 1. The number of hydrogen-bond donors (Lipinski definition) is 1. The number of amides is 1. The summed E-state index contributed by atoms with van der Waals surface area (Å²) in [6.07, 6.45) is 4.66. The minimum atomic E-state index is -3.53. The highest BCUT2D eigenvalue weighted by Gasteiger charge is 2.30. The van der Waals surface area contributed by atoms with Crippen LogP contribution < -0.4 is 10.1 Å². The largest absolute Gasteiger partial charge is 0.494 e. The predicted octanol–water partition coefficient (Wildman–Crippen LogP) is 2.09. The number of sulfonamides is 1. The molecule has 1 amide bonds. The fourth-order valence-corrected chi connectivity index (χ4v) is 5.56. The first-order chi connectivity index (χ1) is 13.9. The highest BCUT2D eigenvalue weighted by Crippen LogP contribution is 2.24. The summed E-state index contributed by atoms with van der Waals surface area (Å²) in [7, 11) is -3.53. The molecule has 1 saturated carbocycles. The Morgan fingerprint density at radius 1 is 1.10 bits per heavy atom. The highest BCUT2D eigenvalue weighted by molar-refractivity contribution is 7.89. The number of hydrogen-bond acceptors (Lipinski definition) is 5. The van der Waals surface area contributed by atoms with Crippen LogP contribution in [-0.4, -0.2) is 68.9 Å². The van der Waals surface area contributed by atoms with Crippen molar-refractivity contribution in [2.45, 2.75) is 50.5 Å². The molecular weight excluding hydrogens is 390 g/mol. The van der Waals surface area contributed by atoms with Crippen molar-refractivity contribution in [2.24, 2.45) is 5.92 Å². The van der Waals surface area contributed by atoms with E-state index in [1.807, 2.05) is 11.8 Å². The van der Waals surface area contributed by atoms with Crippen molar-refractivity contribution in [1.29, 1.82) is 0 Å². The maximum absolute atomic E-state index is 12.9. The van der Waals surface area contributed by atoms with Gasteiger partial charge in [-0.25, -0.2) is 8.42 Å². The number of piperazine rings is 1. The van der Waals surface area contributed by atoms with Gasteiger partial charge in [0.15, 0.2) is 0 Å². The van der Waals surface area contributed by atoms with Crippen LogP contribution in [0, 0.1) is 5.92 Å². The molecule has 162 valence electrons. The van der Waals surface area contributed by atoms with E-state index in [1.165, 1.54) is 23.6 Å². The molecule has 0 aromatic heterocycles. The van der Waals surface area contributed by atoms with Crippen LogP contribution in [0.25, 0.3) is 0 Å². The van der Waals surface area contributed by atoms with Crippen molar-refractivity contribution in [3.8, 4) is 5.75 Å². The van der Waals surface area contributed by atoms with Crippen LogP contribution in [-0.2, 0) is 14.8 Å². The number of carbonyl (C=O) groups is 1. The van der Waals surface area contributed by atoms with Gasteiger partial charge in [-0.1, -0.05) is 19.8 Å². The van der Waals surface area contributed by atoms with E-state index in [-0.39, 0.29) is 16.8 Å². The lowest BCUT2D eigenvalue weighted by atomic mass is 9.86. The van der Waals surface area contributed by atoms with Gasteiger partial charge in [-0.05, 0) is 49.9 Å². The van der Waals surface area contributed by atoms with Gasteiger partial charge in [-0.3, -0.25) is 9.69 Å². The Labute approximate surface area is 174 Å². The van der Waals surface area contributed by atoms with Gasteiger partial charge < -0.3 is 10.1 Å². The molecule has 3 rings (SSSR count). The maximum atomic E-state index is 12.9. The standard InChI is InChI=1S/C21H33N3O4S/c1-3-28-18-8-10-19(11-9-18)29(26,27)24-14-12-23(13-15-24)16-21(25)22-20-7-5-4-6-17(20)2/h8-11,17,20H,3-7,12-16H2,1-2H3,(H,22,25)/t17-,20+/m0/s1. The van der Waals surface area contributed by atoms with Crippen molar-refractivity contribution in [1.82, 2.24) is 14.5 Å². The van der Waals surface area contributed by atoms with E-state index in [0.29, 0.717) is 51.0 Å². The smallest absolute Gasteiger partial charge is 0.243 e. The van der Waals surface area contributed by atoms with Crippen molar-refractivity contribution >= 4 is 15.9 Å². The van der Waals surface area contributed by atoms with Crippen LogP contribution in [0.3, 0.4) is 0 Å². The zero-order chi connectivity index (χ0) is 20.9. The molecule has 1 aromatic carbocycles. The second kappa shape index (κ2) is 9.91. The summed E-state index contributed by atoms with van der Waals surface area (Å²) in [6.45, 7) is 6.87. The van der Waals surface area contributed by atoms with Gasteiger partial charge in [0.1, 0.15) is 5.75 Å². The first-order valence-electron chi connectivity index (χ1n) is 10.6. The third kappa shape index (κ3) is 5.71. The SMILES string of the molecule is CCOc1ccc(S(=O)(=O)N2CCN(CC(=O)N[C@@H]3CCCC[C@@H]3C)CC2)cc1. The Kier molecular flexibility index (Phi) is 7.54. The van der Waals surface area contributed by atoms with Crippen LogP contribution in [0.15, 0.2) is 29.2 Å². The molecule has 1 aromatic rings. The number of ether oxygens (including phenoxy) is 1. The van der Waals surface area contributed by atoms with E-state index in [0.717, 1.165) is 6.42 Å². The summed E-state index contributed by atoms with van der Waals surface area (Å²) in [5, 5.41) is 3.17. The van der Waals surface area contributed by atoms with E-state index in [9.17, 15) is 13.2 Å². The molecule has 0 radical (unpaired) electrons. The maximum Gasteiger partial charge on any atom is 0.243 e. The molecule has 7 nitrogen and oxygen atoms in total. The van der Waals surface area contributed by atoms with Crippen LogP contribution in [0.1, 0.15) is 39.5 Å². The molecular formula is C21H33N3O4S. The second-order valence-electron chi connectivity index (χ2n) is 8.02. The summed E-state index contributed by atoms with van der Waals surface area (Å²) in [5.74, 6) is 1.24. The third-order valence-corrected chi connectivity index (χ3v) is 7.84. The fraction of sp³-hybridized carbons (Fsp3) is 0.667. The lowest BCUT2D eigenvalue weighted by Crippen LogP contribution is -2.52. The van der Waals surface area contributed by atoms with E-state index < -0.39 is 10.0 Å². The normalized spacial score (nSPS) is 24.2. The molecule has 0 spiro atoms. The van der Waals surface area contributed by atoms with Crippen molar-refractivity contribution in [2.75, 3.05) is 39.3 Å². The van der Waals surface area contributed by atoms with Crippen molar-refractivity contribution in [3.63, 3.8) is 0 Å². The van der Waals surface area contributed by atoms with Crippen LogP contribution in [0.5, 0.6) is 5.75 Å². The molecule has 1 N–H and O–H groups in total. The first-order valence-corrected chi connectivity index (χ1v) is 12.1. The number of rotatable bonds is 7. The average molecular weight is 424 g/mol. The Bertz CT molecular complexity index is 774. The molecule has 1 aliphatic heterocycles. The third-order valence-electron chi connectivity index (χ3n) is 5.93. The lowest BCUT2D eigenvalue weighted by Gasteiger charge is -2.34. The van der Waals surface area contributed by atoms with Gasteiger partial charge in [-0.15, -0.1) is 0 Å². The predicted molar refractivity (Wildman–Crippen MR) is 112 cm³/mol. The van der Waals surface area contributed by atoms with Gasteiger partial charge in [0, 0.05) is 32.2 Å². The molecule has 29 heavy (non-hydrogen) atoms. The summed E-state index contributed by atoms with van der Waals surface area (Å²) in [4.78, 5) is 14.7. The zero-order valence-electron chi connectivity index (χ0n) is 17.5. The molecule has 0 bridgehead atoms. The molecule has 2 atom stereocenters. The summed E-state index contributed by atoms with van der Waals surface area (Å²) in [5.41, 5.74) is 0. The van der Waals surface area contributed by atoms with Crippen molar-refractivity contribution in [3.05, 3.63) is 24.3 Å². The second-order valence-corrected chi connectivity index (χ2v) is 9.96. The number of benzene rings is 1. The van der Waals surface area contributed by atoms with E-state index in [2.05, 4.69) is 12.2 Å². The quantitative estimate of drug-likeness (QED) is 0.727. The van der Waals surface area contributed by atoms with Gasteiger partial charge in [0.25, 0.3) is 0 Å². The number of nitrogens with zero attached hydrogens (tertiary/aromatic N) is 2. The molecule has 0 unspecified atom stereocenters. The lowest BCUT2D eigenvalue weighted by molar-refractivity contribution is -0.123.